The zero-order valence-corrected chi connectivity index (χ0v) is 13.3. The number of nitrogens with zero attached hydrogens (tertiary/aromatic N) is 4. The van der Waals surface area contributed by atoms with E-state index in [1.54, 1.807) is 41.0 Å². The quantitative estimate of drug-likeness (QED) is 0.763. The minimum absolute atomic E-state index is 0.138. The molecule has 1 heterocycles. The van der Waals surface area contributed by atoms with Gasteiger partial charge >= 0.3 is 0 Å². The van der Waals surface area contributed by atoms with Gasteiger partial charge in [0.1, 0.15) is 5.75 Å². The number of primary amides is 1. The number of carbonyl (C=O) groups is 1. The maximum Gasteiger partial charge on any atom is 0.248 e. The fourth-order valence-electron chi connectivity index (χ4n) is 2.43. The van der Waals surface area contributed by atoms with E-state index in [1.807, 2.05) is 31.1 Å². The molecular weight excluding hydrogens is 306 g/mol. The van der Waals surface area contributed by atoms with Crippen molar-refractivity contribution in [3.63, 3.8) is 0 Å². The summed E-state index contributed by atoms with van der Waals surface area (Å²) < 4.78 is 1.81. The molecule has 3 rings (SSSR count). The van der Waals surface area contributed by atoms with Crippen molar-refractivity contribution in [1.82, 2.24) is 14.8 Å². The summed E-state index contributed by atoms with van der Waals surface area (Å²) in [5.74, 6) is 0.778. The summed E-state index contributed by atoms with van der Waals surface area (Å²) in [5.41, 5.74) is 7.19. The van der Waals surface area contributed by atoms with Crippen molar-refractivity contribution >= 4 is 11.9 Å². The fourth-order valence-corrected chi connectivity index (χ4v) is 2.43. The average molecular weight is 323 g/mol. The van der Waals surface area contributed by atoms with E-state index in [9.17, 15) is 9.90 Å². The van der Waals surface area contributed by atoms with Crippen LogP contribution in [0.15, 0.2) is 48.5 Å². The second-order valence-corrected chi connectivity index (χ2v) is 5.52. The van der Waals surface area contributed by atoms with Crippen molar-refractivity contribution in [3.05, 3.63) is 54.1 Å². The van der Waals surface area contributed by atoms with E-state index in [4.69, 9.17) is 5.73 Å². The van der Waals surface area contributed by atoms with Crippen LogP contribution in [0.5, 0.6) is 5.75 Å². The Bertz CT molecular complexity index is 902. The number of nitrogens with two attached hydrogens (primary N) is 1. The van der Waals surface area contributed by atoms with Crippen LogP contribution in [-0.2, 0) is 0 Å². The number of carbonyl (C=O) groups excluding carboxylic acids is 1. The Morgan fingerprint density at radius 2 is 1.88 bits per heavy atom. The summed E-state index contributed by atoms with van der Waals surface area (Å²) in [6.45, 7) is 0. The number of benzene rings is 2. The lowest BCUT2D eigenvalue weighted by Gasteiger charge is -2.16. The number of hydrogen-bond acceptors (Lipinski definition) is 5. The minimum Gasteiger partial charge on any atom is -0.508 e. The number of anilines is 1. The van der Waals surface area contributed by atoms with Gasteiger partial charge in [0.2, 0.25) is 11.9 Å². The lowest BCUT2D eigenvalue weighted by molar-refractivity contribution is 0.1000. The molecule has 7 heteroatoms. The Balaban J connectivity index is 2.24. The summed E-state index contributed by atoms with van der Waals surface area (Å²) in [6.07, 6.45) is 0. The van der Waals surface area contributed by atoms with E-state index in [0.717, 1.165) is 0 Å². The second-order valence-electron chi connectivity index (χ2n) is 5.52. The maximum atomic E-state index is 11.5. The van der Waals surface area contributed by atoms with Gasteiger partial charge in [-0.1, -0.05) is 18.2 Å². The van der Waals surface area contributed by atoms with Crippen LogP contribution in [0.4, 0.5) is 5.95 Å². The van der Waals surface area contributed by atoms with Crippen LogP contribution < -0.4 is 10.6 Å². The predicted octanol–water partition coefficient (Wildman–Crippen LogP) is 1.80. The molecule has 0 fully saturated rings. The van der Waals surface area contributed by atoms with Crippen LogP contribution in [0, 0.1) is 0 Å². The third-order valence-electron chi connectivity index (χ3n) is 3.54. The number of amides is 1. The molecule has 7 nitrogen and oxygen atoms in total. The first-order chi connectivity index (χ1) is 11.5. The van der Waals surface area contributed by atoms with Gasteiger partial charge in [-0.05, 0) is 30.3 Å². The molecule has 0 saturated heterocycles. The van der Waals surface area contributed by atoms with Crippen LogP contribution in [-0.4, -0.2) is 39.9 Å². The molecule has 0 spiro atoms. The maximum absolute atomic E-state index is 11.5. The van der Waals surface area contributed by atoms with Crippen molar-refractivity contribution in [2.75, 3.05) is 19.0 Å². The fraction of sp³-hybridized carbons (Fsp3) is 0.118. The zero-order chi connectivity index (χ0) is 17.3. The molecule has 0 radical (unpaired) electrons. The summed E-state index contributed by atoms with van der Waals surface area (Å²) in [4.78, 5) is 13.3. The molecule has 0 aliphatic heterocycles. The van der Waals surface area contributed by atoms with E-state index in [-0.39, 0.29) is 5.75 Å². The molecule has 24 heavy (non-hydrogen) atoms. The first kappa shape index (κ1) is 15.5. The highest BCUT2D eigenvalue weighted by atomic mass is 16.3. The smallest absolute Gasteiger partial charge is 0.248 e. The molecule has 0 atom stereocenters. The second kappa shape index (κ2) is 6.04. The van der Waals surface area contributed by atoms with Crippen molar-refractivity contribution < 1.29 is 9.90 Å². The van der Waals surface area contributed by atoms with Crippen LogP contribution >= 0.6 is 0 Å². The number of phenols is 1. The molecule has 2 aromatic carbocycles. The van der Waals surface area contributed by atoms with Gasteiger partial charge in [0, 0.05) is 25.2 Å². The molecule has 0 aliphatic rings. The summed E-state index contributed by atoms with van der Waals surface area (Å²) in [5, 5.41) is 18.2. The summed E-state index contributed by atoms with van der Waals surface area (Å²) in [6, 6.07) is 13.7. The van der Waals surface area contributed by atoms with Crippen molar-refractivity contribution in [1.29, 1.82) is 0 Å². The lowest BCUT2D eigenvalue weighted by atomic mass is 10.1. The normalized spacial score (nSPS) is 10.6. The molecule has 0 aliphatic carbocycles. The third-order valence-corrected chi connectivity index (χ3v) is 3.54. The molecule has 0 unspecified atom stereocenters. The van der Waals surface area contributed by atoms with Gasteiger partial charge in [-0.3, -0.25) is 9.36 Å². The van der Waals surface area contributed by atoms with Crippen LogP contribution in [0.3, 0.4) is 0 Å². The Morgan fingerprint density at radius 3 is 2.54 bits per heavy atom. The Kier molecular flexibility index (Phi) is 3.91. The lowest BCUT2D eigenvalue weighted by Crippen LogP contribution is -2.16. The molecule has 122 valence electrons. The van der Waals surface area contributed by atoms with Crippen molar-refractivity contribution in [2.24, 2.45) is 5.73 Å². The largest absolute Gasteiger partial charge is 0.508 e. The Hall–Kier alpha value is -3.35. The van der Waals surface area contributed by atoms with E-state index >= 15 is 0 Å². The first-order valence-corrected chi connectivity index (χ1v) is 7.30. The van der Waals surface area contributed by atoms with Crippen LogP contribution in [0.2, 0.25) is 0 Å². The highest BCUT2D eigenvalue weighted by Gasteiger charge is 2.18. The molecule has 3 N–H and O–H groups in total. The monoisotopic (exact) mass is 323 g/mol. The Morgan fingerprint density at radius 1 is 1.12 bits per heavy atom. The SMILES string of the molecule is CN(C)c1nnc(-c2cccc(O)c2)n1-c1cccc(C(N)=O)c1. The standard InChI is InChI=1S/C17H17N5O2/c1-21(2)17-20-19-16(12-6-4-8-14(23)10-12)22(17)13-7-3-5-11(9-13)15(18)24/h3-10,23H,1-2H3,(H2,18,24). The van der Waals surface area contributed by atoms with Gasteiger partial charge in [0.25, 0.3) is 0 Å². The van der Waals surface area contributed by atoms with Crippen molar-refractivity contribution in [3.8, 4) is 22.8 Å². The van der Waals surface area contributed by atoms with E-state index < -0.39 is 5.91 Å². The Labute approximate surface area is 139 Å². The molecule has 1 aromatic heterocycles. The average Bonchev–Trinajstić information content (AvgIpc) is 3.00. The number of rotatable bonds is 4. The van der Waals surface area contributed by atoms with Gasteiger partial charge in [-0.2, -0.15) is 0 Å². The van der Waals surface area contributed by atoms with E-state index in [1.165, 1.54) is 0 Å². The number of aromatic hydroxyl groups is 1. The molecule has 1 amide bonds. The zero-order valence-electron chi connectivity index (χ0n) is 13.3. The van der Waals surface area contributed by atoms with Crippen LogP contribution in [0.25, 0.3) is 17.1 Å². The minimum atomic E-state index is -0.504. The third kappa shape index (κ3) is 2.79. The topological polar surface area (TPSA) is 97.3 Å². The molecule has 0 saturated carbocycles. The van der Waals surface area contributed by atoms with Gasteiger partial charge in [-0.15, -0.1) is 10.2 Å². The molecular formula is C17H17N5O2. The summed E-state index contributed by atoms with van der Waals surface area (Å²) >= 11 is 0. The molecule has 3 aromatic rings. The van der Waals surface area contributed by atoms with Gasteiger partial charge in [0.15, 0.2) is 5.82 Å². The highest BCUT2D eigenvalue weighted by Crippen LogP contribution is 2.28. The molecule has 0 bridgehead atoms. The van der Waals surface area contributed by atoms with Gasteiger partial charge < -0.3 is 15.7 Å². The van der Waals surface area contributed by atoms with Gasteiger partial charge in [0.05, 0.1) is 5.69 Å². The van der Waals surface area contributed by atoms with Crippen molar-refractivity contribution in [2.45, 2.75) is 0 Å². The van der Waals surface area contributed by atoms with Crippen LogP contribution in [0.1, 0.15) is 10.4 Å². The van der Waals surface area contributed by atoms with E-state index in [0.29, 0.717) is 28.6 Å². The summed E-state index contributed by atoms with van der Waals surface area (Å²) in [7, 11) is 3.70. The predicted molar refractivity (Wildman–Crippen MR) is 91.3 cm³/mol. The number of hydrogen-bond donors (Lipinski definition) is 2. The number of phenolic OH excluding ortho intramolecular Hbond substituents is 1. The first-order valence-electron chi connectivity index (χ1n) is 7.30. The van der Waals surface area contributed by atoms with E-state index in [2.05, 4.69) is 10.2 Å². The van der Waals surface area contributed by atoms with Gasteiger partial charge in [-0.25, -0.2) is 0 Å². The number of aromatic nitrogens is 3. The highest BCUT2D eigenvalue weighted by molar-refractivity contribution is 5.93.